The van der Waals surface area contributed by atoms with E-state index < -0.39 is 35.7 Å². The summed E-state index contributed by atoms with van der Waals surface area (Å²) in [5.74, 6) is -2.34. The van der Waals surface area contributed by atoms with Crippen LogP contribution in [0.4, 0.5) is 4.39 Å². The van der Waals surface area contributed by atoms with Crippen molar-refractivity contribution in [2.75, 3.05) is 0 Å². The second-order valence-electron chi connectivity index (χ2n) is 8.03. The Morgan fingerprint density at radius 3 is 2.44 bits per heavy atom. The molecule has 2 atom stereocenters. The maximum atomic E-state index is 14.7. The predicted octanol–water partition coefficient (Wildman–Crippen LogP) is 4.76. The molecule has 0 radical (unpaired) electrons. The van der Waals surface area contributed by atoms with Crippen LogP contribution >= 0.6 is 11.6 Å². The van der Waals surface area contributed by atoms with E-state index in [1.165, 1.54) is 30.0 Å². The predicted molar refractivity (Wildman–Crippen MR) is 125 cm³/mol. The van der Waals surface area contributed by atoms with Crippen molar-refractivity contribution >= 4 is 29.4 Å². The Morgan fingerprint density at radius 2 is 1.76 bits per heavy atom. The van der Waals surface area contributed by atoms with Gasteiger partial charge in [-0.05, 0) is 53.8 Å². The van der Waals surface area contributed by atoms with Gasteiger partial charge in [-0.25, -0.2) is 4.39 Å². The van der Waals surface area contributed by atoms with Gasteiger partial charge < -0.3 is 15.4 Å². The maximum absolute atomic E-state index is 14.7. The van der Waals surface area contributed by atoms with Crippen molar-refractivity contribution < 1.29 is 23.5 Å². The van der Waals surface area contributed by atoms with Gasteiger partial charge in [0.05, 0.1) is 11.6 Å². The lowest BCUT2D eigenvalue weighted by Gasteiger charge is -2.36. The topological polar surface area (TPSA) is 89.7 Å². The number of hydrogen-bond donors (Lipinski definition) is 1. The molecule has 2 amide bonds. The van der Waals surface area contributed by atoms with E-state index in [4.69, 9.17) is 22.1 Å². The van der Waals surface area contributed by atoms with E-state index in [0.29, 0.717) is 29.5 Å². The number of para-hydroxylation sites is 1. The van der Waals surface area contributed by atoms with E-state index >= 15 is 0 Å². The summed E-state index contributed by atoms with van der Waals surface area (Å²) in [5, 5.41) is 0.186. The van der Waals surface area contributed by atoms with Gasteiger partial charge in [0.25, 0.3) is 5.91 Å². The lowest BCUT2D eigenvalue weighted by molar-refractivity contribution is -0.132. The van der Waals surface area contributed by atoms with Crippen LogP contribution in [0.1, 0.15) is 52.5 Å². The van der Waals surface area contributed by atoms with Gasteiger partial charge in [-0.1, -0.05) is 54.1 Å². The molecule has 8 heteroatoms. The van der Waals surface area contributed by atoms with Crippen molar-refractivity contribution in [3.05, 3.63) is 99.8 Å². The third-order valence-corrected chi connectivity index (χ3v) is 6.04. The Labute approximate surface area is 201 Å². The first kappa shape index (κ1) is 23.4. The molecule has 3 aromatic rings. The quantitative estimate of drug-likeness (QED) is 0.407. The number of esters is 1. The number of carbonyl (C=O) groups excluding carboxylic acids is 3. The molecular weight excluding hydrogens is 459 g/mol. The van der Waals surface area contributed by atoms with Gasteiger partial charge in [-0.2, -0.15) is 0 Å². The largest absolute Gasteiger partial charge is 0.426 e. The Bertz CT molecular complexity index is 1260. The zero-order chi connectivity index (χ0) is 24.4. The van der Waals surface area contributed by atoms with Crippen LogP contribution in [0.3, 0.4) is 0 Å². The second-order valence-corrected chi connectivity index (χ2v) is 8.46. The number of halogens is 2. The lowest BCUT2D eigenvalue weighted by atomic mass is 9.97. The average molecular weight is 481 g/mol. The first-order valence-corrected chi connectivity index (χ1v) is 11.1. The van der Waals surface area contributed by atoms with E-state index in [2.05, 4.69) is 0 Å². The summed E-state index contributed by atoms with van der Waals surface area (Å²) in [5.41, 5.74) is 7.38. The van der Waals surface area contributed by atoms with Crippen molar-refractivity contribution in [2.45, 2.75) is 31.8 Å². The highest BCUT2D eigenvalue weighted by Gasteiger charge is 2.41. The molecule has 0 fully saturated rings. The molecule has 2 N–H and O–H groups in total. The van der Waals surface area contributed by atoms with Crippen LogP contribution < -0.4 is 10.5 Å². The zero-order valence-electron chi connectivity index (χ0n) is 18.3. The van der Waals surface area contributed by atoms with Crippen LogP contribution in [0.25, 0.3) is 0 Å². The number of benzene rings is 3. The molecule has 3 aromatic carbocycles. The lowest BCUT2D eigenvalue weighted by Crippen LogP contribution is -2.43. The van der Waals surface area contributed by atoms with Gasteiger partial charge in [0.2, 0.25) is 5.91 Å². The number of hydrogen-bond acceptors (Lipinski definition) is 4. The minimum absolute atomic E-state index is 0.0526. The molecule has 0 aliphatic heterocycles. The Balaban J connectivity index is 1.90. The summed E-state index contributed by atoms with van der Waals surface area (Å²) >= 11 is 6.14. The minimum atomic E-state index is -1.16. The first-order chi connectivity index (χ1) is 16.3. The molecule has 1 aliphatic rings. The average Bonchev–Trinajstić information content (AvgIpc) is 3.21. The molecule has 0 saturated carbocycles. The van der Waals surface area contributed by atoms with Crippen molar-refractivity contribution in [1.82, 2.24) is 4.90 Å². The molecule has 34 heavy (non-hydrogen) atoms. The first-order valence-electron chi connectivity index (χ1n) is 10.7. The van der Waals surface area contributed by atoms with Crippen LogP contribution in [0.5, 0.6) is 5.75 Å². The zero-order valence-corrected chi connectivity index (χ0v) is 19.1. The second kappa shape index (κ2) is 9.65. The highest BCUT2D eigenvalue weighted by molar-refractivity contribution is 6.30. The molecule has 0 heterocycles. The van der Waals surface area contributed by atoms with Crippen molar-refractivity contribution in [2.24, 2.45) is 5.73 Å². The normalized spacial score (nSPS) is 15.3. The number of rotatable bonds is 6. The number of nitrogens with two attached hydrogens (primary N) is 1. The standard InChI is InChI=1S/C26H22ClFN2O4/c1-15(31)34-23-10-6-5-9-19(23)26(33)30(24(25(29)32)16-7-3-2-4-8-16)22-12-11-18-20(22)13-17(27)14-21(18)28/h2-10,13-14,22,24H,11-12H2,1H3,(H2,29,32)/t22-,24-/m1/s1. The van der Waals surface area contributed by atoms with Gasteiger partial charge in [-0.3, -0.25) is 14.4 Å². The van der Waals surface area contributed by atoms with Crippen LogP contribution in [-0.2, 0) is 16.0 Å². The fraction of sp³-hybridized carbons (Fsp3) is 0.192. The monoisotopic (exact) mass is 480 g/mol. The van der Waals surface area contributed by atoms with Crippen molar-refractivity contribution in [3.8, 4) is 5.75 Å². The third kappa shape index (κ3) is 4.52. The number of carbonyl (C=O) groups is 3. The van der Waals surface area contributed by atoms with Crippen LogP contribution in [0.2, 0.25) is 5.02 Å². The summed E-state index contributed by atoms with van der Waals surface area (Å²) in [4.78, 5) is 39.8. The minimum Gasteiger partial charge on any atom is -0.426 e. The maximum Gasteiger partial charge on any atom is 0.308 e. The van der Waals surface area contributed by atoms with Gasteiger partial charge >= 0.3 is 5.97 Å². The van der Waals surface area contributed by atoms with Gasteiger partial charge in [0.15, 0.2) is 0 Å². The van der Waals surface area contributed by atoms with Gasteiger partial charge in [-0.15, -0.1) is 0 Å². The molecule has 6 nitrogen and oxygen atoms in total. The van der Waals surface area contributed by atoms with Crippen molar-refractivity contribution in [1.29, 1.82) is 0 Å². The number of nitrogens with zero attached hydrogens (tertiary/aromatic N) is 1. The summed E-state index contributed by atoms with van der Waals surface area (Å²) in [6, 6.07) is 15.9. The Morgan fingerprint density at radius 1 is 1.09 bits per heavy atom. The summed E-state index contributed by atoms with van der Waals surface area (Å²) in [6.45, 7) is 1.23. The molecule has 0 aromatic heterocycles. The van der Waals surface area contributed by atoms with Crippen LogP contribution in [0, 0.1) is 5.82 Å². The van der Waals surface area contributed by atoms with E-state index in [9.17, 15) is 18.8 Å². The summed E-state index contributed by atoms with van der Waals surface area (Å²) in [7, 11) is 0. The summed E-state index contributed by atoms with van der Waals surface area (Å²) < 4.78 is 19.9. The number of ether oxygens (including phenoxy) is 1. The smallest absolute Gasteiger partial charge is 0.308 e. The third-order valence-electron chi connectivity index (χ3n) is 5.83. The highest BCUT2D eigenvalue weighted by atomic mass is 35.5. The molecule has 0 saturated heterocycles. The molecule has 4 rings (SSSR count). The van der Waals surface area contributed by atoms with Gasteiger partial charge in [0.1, 0.15) is 17.6 Å². The molecule has 0 bridgehead atoms. The van der Waals surface area contributed by atoms with Crippen LogP contribution in [0.15, 0.2) is 66.7 Å². The molecule has 0 spiro atoms. The summed E-state index contributed by atoms with van der Waals surface area (Å²) in [6.07, 6.45) is 0.726. The SMILES string of the molecule is CC(=O)Oc1ccccc1C(=O)N([C@@H]1CCc2c(F)cc(Cl)cc21)[C@@H](C(N)=O)c1ccccc1. The number of amides is 2. The molecule has 1 aliphatic carbocycles. The molecule has 174 valence electrons. The number of primary amides is 1. The molecular formula is C26H22ClFN2O4. The van der Waals surface area contributed by atoms with E-state index in [1.807, 2.05) is 0 Å². The number of fused-ring (bicyclic) bond motifs is 1. The fourth-order valence-electron chi connectivity index (χ4n) is 4.47. The van der Waals surface area contributed by atoms with Crippen molar-refractivity contribution in [3.63, 3.8) is 0 Å². The van der Waals surface area contributed by atoms with E-state index in [-0.39, 0.29) is 16.3 Å². The Kier molecular flexibility index (Phi) is 6.65. The van der Waals surface area contributed by atoms with E-state index in [0.717, 1.165) is 0 Å². The highest BCUT2D eigenvalue weighted by Crippen LogP contribution is 2.43. The molecule has 0 unspecified atom stereocenters. The fourth-order valence-corrected chi connectivity index (χ4v) is 4.69. The van der Waals surface area contributed by atoms with E-state index in [1.54, 1.807) is 48.5 Å². The Hall–Kier alpha value is -3.71. The van der Waals surface area contributed by atoms with Crippen LogP contribution in [-0.4, -0.2) is 22.7 Å². The van der Waals surface area contributed by atoms with Gasteiger partial charge in [0, 0.05) is 11.9 Å².